The van der Waals surface area contributed by atoms with Gasteiger partial charge in [0.05, 0.1) is 19.6 Å². The van der Waals surface area contributed by atoms with Crippen LogP contribution in [0.1, 0.15) is 22.5 Å². The van der Waals surface area contributed by atoms with Crippen molar-refractivity contribution in [2.45, 2.75) is 19.4 Å². The average molecular weight is 310 g/mol. The van der Waals surface area contributed by atoms with Crippen molar-refractivity contribution >= 4 is 23.6 Å². The third kappa shape index (κ3) is 3.66. The minimum absolute atomic E-state index is 0.0413. The van der Waals surface area contributed by atoms with E-state index in [-0.39, 0.29) is 24.2 Å². The Kier molecular flexibility index (Phi) is 5.06. The zero-order valence-electron chi connectivity index (χ0n) is 12.0. The summed E-state index contributed by atoms with van der Waals surface area (Å²) in [5.74, 6) is 0.621. The fraction of sp³-hybridized carbons (Fsp3) is 0.500. The van der Waals surface area contributed by atoms with Gasteiger partial charge in [-0.15, -0.1) is 0 Å². The molecule has 1 aliphatic rings. The van der Waals surface area contributed by atoms with Crippen molar-refractivity contribution < 1.29 is 19.4 Å². The molecule has 0 bridgehead atoms. The molecule has 1 saturated heterocycles. The van der Waals surface area contributed by atoms with Crippen LogP contribution in [0.3, 0.4) is 0 Å². The van der Waals surface area contributed by atoms with Gasteiger partial charge in [0.2, 0.25) is 5.88 Å². The Labute approximate surface area is 127 Å². The number of aryl methyl sites for hydroxylation is 1. The molecule has 2 rings (SSSR count). The highest BCUT2D eigenvalue weighted by atomic mass is 32.2. The molecule has 0 spiro atoms. The number of amides is 1. The third-order valence-corrected chi connectivity index (χ3v) is 4.41. The number of pyridine rings is 1. The molecule has 1 aromatic rings. The van der Waals surface area contributed by atoms with Crippen LogP contribution in [0.2, 0.25) is 0 Å². The Hall–Kier alpha value is -1.76. The number of carboxylic acids is 1. The van der Waals surface area contributed by atoms with E-state index in [2.05, 4.69) is 4.98 Å². The molecular weight excluding hydrogens is 292 g/mol. The second-order valence-corrected chi connectivity index (χ2v) is 5.98. The van der Waals surface area contributed by atoms with Gasteiger partial charge in [0, 0.05) is 23.7 Å². The fourth-order valence-corrected chi connectivity index (χ4v) is 3.36. The summed E-state index contributed by atoms with van der Waals surface area (Å²) in [5.41, 5.74) is 1.14. The highest BCUT2D eigenvalue weighted by molar-refractivity contribution is 7.99. The van der Waals surface area contributed by atoms with Gasteiger partial charge in [-0.3, -0.25) is 9.59 Å². The average Bonchev–Trinajstić information content (AvgIpc) is 2.46. The Morgan fingerprint density at radius 1 is 1.52 bits per heavy atom. The van der Waals surface area contributed by atoms with Crippen LogP contribution in [0.5, 0.6) is 5.88 Å². The molecule has 1 N–H and O–H groups in total. The summed E-state index contributed by atoms with van der Waals surface area (Å²) in [5, 5.41) is 8.99. The number of aliphatic carboxylic acids is 1. The summed E-state index contributed by atoms with van der Waals surface area (Å²) in [6.45, 7) is 2.36. The number of rotatable bonds is 4. The fourth-order valence-electron chi connectivity index (χ4n) is 2.30. The van der Waals surface area contributed by atoms with Gasteiger partial charge in [-0.2, -0.15) is 11.8 Å². The molecule has 1 amide bonds. The summed E-state index contributed by atoms with van der Waals surface area (Å²) >= 11 is 1.67. The van der Waals surface area contributed by atoms with Crippen LogP contribution in [0.25, 0.3) is 0 Å². The standard InChI is InChI=1S/C14H18N2O4S/c1-9-3-4-11(13(15-9)20-2)14(19)16-5-6-21-8-10(16)7-12(17)18/h3-4,10H,5-8H2,1-2H3,(H,17,18). The molecule has 0 radical (unpaired) electrons. The highest BCUT2D eigenvalue weighted by Crippen LogP contribution is 2.24. The number of carbonyl (C=O) groups excluding carboxylic acids is 1. The molecule has 6 nitrogen and oxygen atoms in total. The number of ether oxygens (including phenoxy) is 1. The van der Waals surface area contributed by atoms with Crippen LogP contribution in [0.15, 0.2) is 12.1 Å². The van der Waals surface area contributed by atoms with E-state index < -0.39 is 5.97 Å². The topological polar surface area (TPSA) is 79.7 Å². The molecule has 2 heterocycles. The molecule has 1 atom stereocenters. The smallest absolute Gasteiger partial charge is 0.305 e. The first-order valence-electron chi connectivity index (χ1n) is 6.65. The number of carboxylic acid groups (broad SMARTS) is 1. The number of aromatic nitrogens is 1. The van der Waals surface area contributed by atoms with Gasteiger partial charge in [-0.05, 0) is 19.1 Å². The van der Waals surface area contributed by atoms with Crippen molar-refractivity contribution in [1.29, 1.82) is 0 Å². The summed E-state index contributed by atoms with van der Waals surface area (Å²) in [6, 6.07) is 3.14. The van der Waals surface area contributed by atoms with Crippen molar-refractivity contribution in [2.75, 3.05) is 25.2 Å². The van der Waals surface area contributed by atoms with Crippen LogP contribution in [0.4, 0.5) is 0 Å². The van der Waals surface area contributed by atoms with Crippen molar-refractivity contribution in [2.24, 2.45) is 0 Å². The van der Waals surface area contributed by atoms with E-state index in [9.17, 15) is 9.59 Å². The van der Waals surface area contributed by atoms with Gasteiger partial charge < -0.3 is 14.7 Å². The number of carbonyl (C=O) groups is 2. The maximum Gasteiger partial charge on any atom is 0.305 e. The molecule has 0 aromatic carbocycles. The number of nitrogens with zero attached hydrogens (tertiary/aromatic N) is 2. The van der Waals surface area contributed by atoms with Crippen molar-refractivity contribution in [3.8, 4) is 5.88 Å². The van der Waals surface area contributed by atoms with E-state index in [0.29, 0.717) is 17.9 Å². The second kappa shape index (κ2) is 6.80. The minimum Gasteiger partial charge on any atom is -0.481 e. The largest absolute Gasteiger partial charge is 0.481 e. The normalized spacial score (nSPS) is 18.4. The van der Waals surface area contributed by atoms with Crippen LogP contribution in [-0.2, 0) is 4.79 Å². The van der Waals surface area contributed by atoms with Gasteiger partial charge in [0.15, 0.2) is 0 Å². The molecule has 114 valence electrons. The highest BCUT2D eigenvalue weighted by Gasteiger charge is 2.31. The van der Waals surface area contributed by atoms with Gasteiger partial charge in [0.1, 0.15) is 5.56 Å². The quantitative estimate of drug-likeness (QED) is 0.906. The Morgan fingerprint density at radius 2 is 2.29 bits per heavy atom. The summed E-state index contributed by atoms with van der Waals surface area (Å²) in [7, 11) is 1.47. The lowest BCUT2D eigenvalue weighted by molar-refractivity contribution is -0.138. The second-order valence-electron chi connectivity index (χ2n) is 4.83. The first-order valence-corrected chi connectivity index (χ1v) is 7.80. The Balaban J connectivity index is 2.26. The lowest BCUT2D eigenvalue weighted by Crippen LogP contribution is -2.47. The number of methoxy groups -OCH3 is 1. The summed E-state index contributed by atoms with van der Waals surface area (Å²) < 4.78 is 5.17. The van der Waals surface area contributed by atoms with Crippen molar-refractivity contribution in [1.82, 2.24) is 9.88 Å². The molecule has 1 aliphatic heterocycles. The van der Waals surface area contributed by atoms with E-state index in [1.807, 2.05) is 6.92 Å². The van der Waals surface area contributed by atoms with Crippen LogP contribution < -0.4 is 4.74 Å². The molecule has 1 unspecified atom stereocenters. The van der Waals surface area contributed by atoms with E-state index >= 15 is 0 Å². The molecule has 1 fully saturated rings. The predicted molar refractivity (Wildman–Crippen MR) is 79.9 cm³/mol. The maximum absolute atomic E-state index is 12.7. The van der Waals surface area contributed by atoms with Gasteiger partial charge in [-0.25, -0.2) is 4.98 Å². The molecule has 21 heavy (non-hydrogen) atoms. The third-order valence-electron chi connectivity index (χ3n) is 3.32. The zero-order valence-corrected chi connectivity index (χ0v) is 12.9. The first kappa shape index (κ1) is 15.6. The van der Waals surface area contributed by atoms with Crippen LogP contribution in [-0.4, -0.2) is 58.1 Å². The first-order chi connectivity index (χ1) is 10.0. The van der Waals surface area contributed by atoms with E-state index in [1.54, 1.807) is 28.8 Å². The van der Waals surface area contributed by atoms with Gasteiger partial charge in [-0.1, -0.05) is 0 Å². The van der Waals surface area contributed by atoms with Gasteiger partial charge >= 0.3 is 5.97 Å². The van der Waals surface area contributed by atoms with E-state index in [1.165, 1.54) is 7.11 Å². The Bertz CT molecular complexity index is 550. The monoisotopic (exact) mass is 310 g/mol. The lowest BCUT2D eigenvalue weighted by Gasteiger charge is -2.34. The van der Waals surface area contributed by atoms with Crippen LogP contribution >= 0.6 is 11.8 Å². The molecule has 1 aromatic heterocycles. The molecular formula is C14H18N2O4S. The van der Waals surface area contributed by atoms with E-state index in [4.69, 9.17) is 9.84 Å². The molecule has 0 aliphatic carbocycles. The summed E-state index contributed by atoms with van der Waals surface area (Å²) in [4.78, 5) is 29.5. The number of thioether (sulfide) groups is 1. The SMILES string of the molecule is COc1nc(C)ccc1C(=O)N1CCSCC1CC(=O)O. The lowest BCUT2D eigenvalue weighted by atomic mass is 10.1. The van der Waals surface area contributed by atoms with Crippen molar-refractivity contribution in [3.05, 3.63) is 23.4 Å². The predicted octanol–water partition coefficient (Wildman–Crippen LogP) is 1.43. The minimum atomic E-state index is -0.894. The molecule has 0 saturated carbocycles. The van der Waals surface area contributed by atoms with Crippen LogP contribution in [0, 0.1) is 6.92 Å². The van der Waals surface area contributed by atoms with Crippen molar-refractivity contribution in [3.63, 3.8) is 0 Å². The zero-order chi connectivity index (χ0) is 15.4. The summed E-state index contributed by atoms with van der Waals surface area (Å²) in [6.07, 6.45) is -0.0413. The maximum atomic E-state index is 12.7. The van der Waals surface area contributed by atoms with Gasteiger partial charge in [0.25, 0.3) is 5.91 Å². The number of hydrogen-bond donors (Lipinski definition) is 1. The van der Waals surface area contributed by atoms with E-state index in [0.717, 1.165) is 11.4 Å². The Morgan fingerprint density at radius 3 is 2.95 bits per heavy atom. The molecule has 7 heteroatoms. The number of hydrogen-bond acceptors (Lipinski definition) is 5.